The third-order valence-corrected chi connectivity index (χ3v) is 5.62. The molecule has 6 nitrogen and oxygen atoms in total. The number of rotatable bonds is 8. The fourth-order valence-corrected chi connectivity index (χ4v) is 3.77. The van der Waals surface area contributed by atoms with E-state index in [1.165, 1.54) is 24.5 Å². The number of ether oxygens (including phenoxy) is 2. The number of halogens is 3. The van der Waals surface area contributed by atoms with Crippen molar-refractivity contribution in [3.05, 3.63) is 53.1 Å². The van der Waals surface area contributed by atoms with E-state index in [0.29, 0.717) is 43.3 Å². The molecule has 0 unspecified atom stereocenters. The summed E-state index contributed by atoms with van der Waals surface area (Å²) >= 11 is 0. The van der Waals surface area contributed by atoms with E-state index in [1.54, 1.807) is 12.0 Å². The zero-order valence-electron chi connectivity index (χ0n) is 17.2. The van der Waals surface area contributed by atoms with Crippen LogP contribution in [-0.2, 0) is 17.6 Å². The highest BCUT2D eigenvalue weighted by molar-refractivity contribution is 5.94. The number of carbonyl (C=O) groups is 1. The molecule has 1 aliphatic heterocycles. The third kappa shape index (κ3) is 5.52. The van der Waals surface area contributed by atoms with Gasteiger partial charge in [0.1, 0.15) is 11.6 Å². The van der Waals surface area contributed by atoms with Gasteiger partial charge in [0.25, 0.3) is 5.91 Å². The number of methoxy groups -OCH3 is 1. The standard InChI is InChI=1S/C22H24F3N3O3/c1-30-13-18-6-7-28(18)21(29)17-11-26-20(27-12-17)5-2-14-8-16(15-3-4-15)10-19(9-14)31-22(23,24)25/h8-12,15,18H,2-7,13H2,1H3/t18-/m0/s1. The highest BCUT2D eigenvalue weighted by Gasteiger charge is 2.33. The Morgan fingerprint density at radius 3 is 2.45 bits per heavy atom. The SMILES string of the molecule is COC[C@@H]1CCN1C(=O)c1cnc(CCc2cc(OC(F)(F)F)cc(C3CC3)c2)nc1. The summed E-state index contributed by atoms with van der Waals surface area (Å²) in [6.07, 6.45) is 2.10. The second-order valence-corrected chi connectivity index (χ2v) is 8.02. The number of hydrogen-bond acceptors (Lipinski definition) is 5. The summed E-state index contributed by atoms with van der Waals surface area (Å²) < 4.78 is 47.2. The Labute approximate surface area is 178 Å². The van der Waals surface area contributed by atoms with Crippen molar-refractivity contribution in [2.45, 2.75) is 50.4 Å². The Kier molecular flexibility index (Phi) is 6.13. The summed E-state index contributed by atoms with van der Waals surface area (Å²) in [5.74, 6) is 0.532. The Bertz CT molecular complexity index is 930. The Morgan fingerprint density at radius 2 is 1.87 bits per heavy atom. The van der Waals surface area contributed by atoms with Gasteiger partial charge < -0.3 is 14.4 Å². The van der Waals surface area contributed by atoms with E-state index in [4.69, 9.17) is 4.74 Å². The van der Waals surface area contributed by atoms with E-state index in [2.05, 4.69) is 14.7 Å². The van der Waals surface area contributed by atoms with Crippen LogP contribution < -0.4 is 4.74 Å². The molecule has 166 valence electrons. The number of alkyl halides is 3. The number of nitrogens with zero attached hydrogens (tertiary/aromatic N) is 3. The lowest BCUT2D eigenvalue weighted by atomic mass is 10.0. The Balaban J connectivity index is 1.39. The van der Waals surface area contributed by atoms with Gasteiger partial charge in [0, 0.05) is 32.5 Å². The molecule has 2 aliphatic rings. The monoisotopic (exact) mass is 435 g/mol. The first-order valence-corrected chi connectivity index (χ1v) is 10.3. The van der Waals surface area contributed by atoms with Gasteiger partial charge in [-0.1, -0.05) is 6.07 Å². The Morgan fingerprint density at radius 1 is 1.13 bits per heavy atom. The van der Waals surface area contributed by atoms with Crippen LogP contribution in [0.15, 0.2) is 30.6 Å². The molecule has 2 aromatic rings. The molecule has 0 N–H and O–H groups in total. The maximum atomic E-state index is 12.6. The average molecular weight is 435 g/mol. The molecule has 1 atom stereocenters. The largest absolute Gasteiger partial charge is 0.573 e. The number of aromatic nitrogens is 2. The van der Waals surface area contributed by atoms with Crippen LogP contribution in [0.5, 0.6) is 5.75 Å². The van der Waals surface area contributed by atoms with Crippen molar-refractivity contribution in [2.75, 3.05) is 20.3 Å². The predicted octanol–water partition coefficient (Wildman–Crippen LogP) is 3.90. The van der Waals surface area contributed by atoms with Crippen LogP contribution in [0.25, 0.3) is 0 Å². The summed E-state index contributed by atoms with van der Waals surface area (Å²) in [5, 5.41) is 0. The van der Waals surface area contributed by atoms with Gasteiger partial charge in [-0.05, 0) is 54.9 Å². The number of aryl methyl sites for hydroxylation is 2. The van der Waals surface area contributed by atoms with Crippen molar-refractivity contribution in [1.82, 2.24) is 14.9 Å². The lowest BCUT2D eigenvalue weighted by Gasteiger charge is -2.40. The lowest BCUT2D eigenvalue weighted by Crippen LogP contribution is -2.53. The molecule has 1 aliphatic carbocycles. The van der Waals surface area contributed by atoms with Gasteiger partial charge in [0.2, 0.25) is 0 Å². The average Bonchev–Trinajstić information content (AvgIpc) is 3.54. The first-order chi connectivity index (χ1) is 14.8. The minimum absolute atomic E-state index is 0.0871. The molecule has 2 heterocycles. The fourth-order valence-electron chi connectivity index (χ4n) is 3.77. The van der Waals surface area contributed by atoms with Crippen molar-refractivity contribution < 1.29 is 27.4 Å². The molecule has 1 saturated heterocycles. The van der Waals surface area contributed by atoms with Gasteiger partial charge in [-0.15, -0.1) is 13.2 Å². The molecule has 1 saturated carbocycles. The van der Waals surface area contributed by atoms with Gasteiger partial charge in [-0.25, -0.2) is 9.97 Å². The number of benzene rings is 1. The van der Waals surface area contributed by atoms with E-state index in [0.717, 1.165) is 30.4 Å². The van der Waals surface area contributed by atoms with E-state index in [9.17, 15) is 18.0 Å². The zero-order chi connectivity index (χ0) is 22.0. The molecular formula is C22H24F3N3O3. The molecule has 0 radical (unpaired) electrons. The van der Waals surface area contributed by atoms with Crippen LogP contribution in [0, 0.1) is 0 Å². The minimum atomic E-state index is -4.72. The lowest BCUT2D eigenvalue weighted by molar-refractivity contribution is -0.274. The van der Waals surface area contributed by atoms with Crippen molar-refractivity contribution in [2.24, 2.45) is 0 Å². The topological polar surface area (TPSA) is 64.5 Å². The smallest absolute Gasteiger partial charge is 0.406 e. The van der Waals surface area contributed by atoms with Crippen molar-refractivity contribution >= 4 is 5.91 Å². The molecule has 1 amide bonds. The summed E-state index contributed by atoms with van der Waals surface area (Å²) in [6.45, 7) is 1.19. The van der Waals surface area contributed by atoms with Crippen molar-refractivity contribution in [3.8, 4) is 5.75 Å². The minimum Gasteiger partial charge on any atom is -0.406 e. The summed E-state index contributed by atoms with van der Waals surface area (Å²) in [7, 11) is 1.61. The predicted molar refractivity (Wildman–Crippen MR) is 106 cm³/mol. The maximum Gasteiger partial charge on any atom is 0.573 e. The first-order valence-electron chi connectivity index (χ1n) is 10.3. The molecule has 4 rings (SSSR count). The molecule has 0 bridgehead atoms. The zero-order valence-corrected chi connectivity index (χ0v) is 17.2. The molecule has 0 spiro atoms. The molecule has 9 heteroatoms. The van der Waals surface area contributed by atoms with Crippen molar-refractivity contribution in [1.29, 1.82) is 0 Å². The van der Waals surface area contributed by atoms with E-state index < -0.39 is 6.36 Å². The summed E-state index contributed by atoms with van der Waals surface area (Å²) in [5.41, 5.74) is 2.04. The van der Waals surface area contributed by atoms with Crippen LogP contribution in [0.1, 0.15) is 52.5 Å². The van der Waals surface area contributed by atoms with Gasteiger partial charge >= 0.3 is 6.36 Å². The van der Waals surface area contributed by atoms with Crippen molar-refractivity contribution in [3.63, 3.8) is 0 Å². The number of likely N-dealkylation sites (tertiary alicyclic amines) is 1. The summed E-state index contributed by atoms with van der Waals surface area (Å²) in [4.78, 5) is 22.8. The van der Waals surface area contributed by atoms with Crippen LogP contribution in [-0.4, -0.2) is 53.4 Å². The maximum absolute atomic E-state index is 12.6. The van der Waals surface area contributed by atoms with Gasteiger partial charge in [0.05, 0.1) is 18.2 Å². The second kappa shape index (κ2) is 8.82. The van der Waals surface area contributed by atoms with E-state index in [-0.39, 0.29) is 17.7 Å². The van der Waals surface area contributed by atoms with Crippen LogP contribution in [0.4, 0.5) is 13.2 Å². The molecule has 2 fully saturated rings. The van der Waals surface area contributed by atoms with Crippen LogP contribution in [0.3, 0.4) is 0 Å². The van der Waals surface area contributed by atoms with E-state index >= 15 is 0 Å². The Hall–Kier alpha value is -2.68. The number of hydrogen-bond donors (Lipinski definition) is 0. The normalized spacial score (nSPS) is 18.6. The van der Waals surface area contributed by atoms with Gasteiger partial charge in [-0.3, -0.25) is 4.79 Å². The third-order valence-electron chi connectivity index (χ3n) is 5.62. The second-order valence-electron chi connectivity index (χ2n) is 8.02. The molecule has 31 heavy (non-hydrogen) atoms. The quantitative estimate of drug-likeness (QED) is 0.629. The number of amides is 1. The fraction of sp³-hybridized carbons (Fsp3) is 0.500. The summed E-state index contributed by atoms with van der Waals surface area (Å²) in [6, 6.07) is 4.90. The number of carbonyl (C=O) groups excluding carboxylic acids is 1. The first kappa shape index (κ1) is 21.5. The van der Waals surface area contributed by atoms with Gasteiger partial charge in [-0.2, -0.15) is 0 Å². The molecular weight excluding hydrogens is 411 g/mol. The highest BCUT2D eigenvalue weighted by Crippen LogP contribution is 2.42. The van der Waals surface area contributed by atoms with E-state index in [1.807, 2.05) is 6.07 Å². The van der Waals surface area contributed by atoms with Gasteiger partial charge in [0.15, 0.2) is 0 Å². The molecule has 1 aromatic carbocycles. The van der Waals surface area contributed by atoms with Crippen LogP contribution >= 0.6 is 0 Å². The highest BCUT2D eigenvalue weighted by atomic mass is 19.4. The molecule has 1 aromatic heterocycles. The van der Waals surface area contributed by atoms with Crippen LogP contribution in [0.2, 0.25) is 0 Å².